The number of anilines is 1. The van der Waals surface area contributed by atoms with Gasteiger partial charge in [-0.15, -0.1) is 0 Å². The van der Waals surface area contributed by atoms with Gasteiger partial charge in [-0.1, -0.05) is 18.2 Å². The molecule has 0 atom stereocenters. The molecular formula is C23H24N4O3. The van der Waals surface area contributed by atoms with E-state index >= 15 is 0 Å². The molecule has 0 aliphatic heterocycles. The number of hydrogen-bond acceptors (Lipinski definition) is 5. The molecule has 1 amide bonds. The summed E-state index contributed by atoms with van der Waals surface area (Å²) in [7, 11) is 3.16. The smallest absolute Gasteiger partial charge is 0.258 e. The lowest BCUT2D eigenvalue weighted by Crippen LogP contribution is -2.36. The Morgan fingerprint density at radius 2 is 1.67 bits per heavy atom. The van der Waals surface area contributed by atoms with E-state index in [9.17, 15) is 4.79 Å². The van der Waals surface area contributed by atoms with Crippen molar-refractivity contribution in [3.8, 4) is 11.5 Å². The number of benzene rings is 2. The normalized spacial score (nSPS) is 11.0. The third-order valence-corrected chi connectivity index (χ3v) is 4.40. The summed E-state index contributed by atoms with van der Waals surface area (Å²) in [4.78, 5) is 21.4. The maximum atomic E-state index is 12.8. The van der Waals surface area contributed by atoms with E-state index in [4.69, 9.17) is 9.47 Å². The van der Waals surface area contributed by atoms with Crippen LogP contribution in [0.15, 0.2) is 72.0 Å². The van der Waals surface area contributed by atoms with Crippen LogP contribution in [0, 0.1) is 6.92 Å². The monoisotopic (exact) mass is 404 g/mol. The van der Waals surface area contributed by atoms with Crippen LogP contribution in [0.4, 0.5) is 5.69 Å². The number of carbonyl (C=O) groups excluding carboxylic acids is 1. The summed E-state index contributed by atoms with van der Waals surface area (Å²) in [5, 5.41) is 6.03. The largest absolute Gasteiger partial charge is 0.497 e. The molecule has 2 N–H and O–H groups in total. The van der Waals surface area contributed by atoms with E-state index in [1.54, 1.807) is 50.9 Å². The lowest BCUT2D eigenvalue weighted by molar-refractivity contribution is 0.0976. The zero-order valence-electron chi connectivity index (χ0n) is 17.2. The van der Waals surface area contributed by atoms with Crippen molar-refractivity contribution >= 4 is 17.6 Å². The summed E-state index contributed by atoms with van der Waals surface area (Å²) in [6.45, 7) is 2.27. The van der Waals surface area contributed by atoms with Gasteiger partial charge in [-0.25, -0.2) is 4.99 Å². The van der Waals surface area contributed by atoms with Crippen molar-refractivity contribution in [2.24, 2.45) is 4.99 Å². The zero-order chi connectivity index (χ0) is 21.3. The number of guanidine groups is 1. The van der Waals surface area contributed by atoms with E-state index in [2.05, 4.69) is 20.6 Å². The van der Waals surface area contributed by atoms with E-state index in [1.807, 2.05) is 37.3 Å². The van der Waals surface area contributed by atoms with Crippen LogP contribution < -0.4 is 20.1 Å². The molecule has 0 saturated heterocycles. The zero-order valence-corrected chi connectivity index (χ0v) is 17.2. The van der Waals surface area contributed by atoms with Gasteiger partial charge in [-0.2, -0.15) is 0 Å². The molecule has 1 aromatic heterocycles. The summed E-state index contributed by atoms with van der Waals surface area (Å²) >= 11 is 0. The Hall–Kier alpha value is -3.87. The minimum atomic E-state index is -0.246. The maximum Gasteiger partial charge on any atom is 0.258 e. The topological polar surface area (TPSA) is 84.8 Å². The van der Waals surface area contributed by atoms with Gasteiger partial charge in [0, 0.05) is 41.8 Å². The van der Waals surface area contributed by atoms with Gasteiger partial charge >= 0.3 is 0 Å². The summed E-state index contributed by atoms with van der Waals surface area (Å²) in [5.41, 5.74) is 3.10. The lowest BCUT2D eigenvalue weighted by Gasteiger charge is -2.14. The standard InChI is InChI=1S/C23H24N4O3/c1-16-6-4-5-7-21(16)22(28)27-23(25-15-17-8-10-24-11-9-17)26-18-12-19(29-2)14-20(13-18)30-3/h4-14H,15H2,1-3H3,(H2,25,26,27,28). The SMILES string of the molecule is COc1cc(NC(=NCc2ccncc2)NC(=O)c2ccccc2C)cc(OC)c1. The van der Waals surface area contributed by atoms with E-state index in [-0.39, 0.29) is 5.91 Å². The first-order chi connectivity index (χ1) is 14.6. The van der Waals surface area contributed by atoms with Crippen molar-refractivity contribution in [1.29, 1.82) is 0 Å². The predicted octanol–water partition coefficient (Wildman–Crippen LogP) is 3.81. The second-order valence-corrected chi connectivity index (χ2v) is 6.52. The van der Waals surface area contributed by atoms with Crippen molar-refractivity contribution < 1.29 is 14.3 Å². The molecule has 0 unspecified atom stereocenters. The van der Waals surface area contributed by atoms with Gasteiger partial charge in [0.15, 0.2) is 0 Å². The van der Waals surface area contributed by atoms with Gasteiger partial charge in [-0.05, 0) is 36.2 Å². The number of rotatable bonds is 6. The highest BCUT2D eigenvalue weighted by Gasteiger charge is 2.12. The Balaban J connectivity index is 1.87. The van der Waals surface area contributed by atoms with Crippen molar-refractivity contribution in [1.82, 2.24) is 10.3 Å². The third kappa shape index (κ3) is 5.57. The van der Waals surface area contributed by atoms with Crippen LogP contribution >= 0.6 is 0 Å². The molecule has 0 radical (unpaired) electrons. The molecule has 0 fully saturated rings. The summed E-state index contributed by atoms with van der Waals surface area (Å²) in [5.74, 6) is 1.31. The number of ether oxygens (including phenoxy) is 2. The average Bonchev–Trinajstić information content (AvgIpc) is 2.78. The van der Waals surface area contributed by atoms with Crippen LogP contribution in [0.3, 0.4) is 0 Å². The molecule has 30 heavy (non-hydrogen) atoms. The molecule has 7 heteroatoms. The summed E-state index contributed by atoms with van der Waals surface area (Å²) < 4.78 is 10.6. The van der Waals surface area contributed by atoms with Gasteiger partial charge in [0.2, 0.25) is 5.96 Å². The van der Waals surface area contributed by atoms with Gasteiger partial charge in [0.05, 0.1) is 20.8 Å². The second kappa shape index (κ2) is 10.1. The lowest BCUT2D eigenvalue weighted by atomic mass is 10.1. The molecule has 7 nitrogen and oxygen atoms in total. The highest BCUT2D eigenvalue weighted by atomic mass is 16.5. The summed E-state index contributed by atoms with van der Waals surface area (Å²) in [6, 6.07) is 16.5. The molecular weight excluding hydrogens is 380 g/mol. The average molecular weight is 404 g/mol. The maximum absolute atomic E-state index is 12.8. The van der Waals surface area contributed by atoms with Crippen LogP contribution in [0.2, 0.25) is 0 Å². The first kappa shape index (κ1) is 20.9. The number of methoxy groups -OCH3 is 2. The number of nitrogens with zero attached hydrogens (tertiary/aromatic N) is 2. The third-order valence-electron chi connectivity index (χ3n) is 4.40. The number of aromatic nitrogens is 1. The molecule has 0 aliphatic rings. The predicted molar refractivity (Wildman–Crippen MR) is 117 cm³/mol. The number of amides is 1. The fraction of sp³-hybridized carbons (Fsp3) is 0.174. The van der Waals surface area contributed by atoms with E-state index in [0.29, 0.717) is 35.3 Å². The Labute approximate surface area is 175 Å². The first-order valence-electron chi connectivity index (χ1n) is 9.39. The van der Waals surface area contributed by atoms with Gasteiger partial charge in [0.25, 0.3) is 5.91 Å². The van der Waals surface area contributed by atoms with Crippen LogP contribution in [-0.2, 0) is 6.54 Å². The van der Waals surface area contributed by atoms with Gasteiger partial charge in [0.1, 0.15) is 11.5 Å². The number of aliphatic imine (C=N–C) groups is 1. The number of aryl methyl sites for hydroxylation is 1. The molecule has 1 heterocycles. The molecule has 0 spiro atoms. The molecule has 2 aromatic carbocycles. The van der Waals surface area contributed by atoms with E-state index in [1.165, 1.54) is 0 Å². The Morgan fingerprint density at radius 3 is 2.30 bits per heavy atom. The fourth-order valence-corrected chi connectivity index (χ4v) is 2.79. The Morgan fingerprint density at radius 1 is 1.00 bits per heavy atom. The van der Waals surface area contributed by atoms with E-state index < -0.39 is 0 Å². The Bertz CT molecular complexity index is 1010. The summed E-state index contributed by atoms with van der Waals surface area (Å²) in [6.07, 6.45) is 3.41. The number of carbonyl (C=O) groups is 1. The molecule has 0 bridgehead atoms. The van der Waals surface area contributed by atoms with Crippen molar-refractivity contribution in [3.63, 3.8) is 0 Å². The van der Waals surface area contributed by atoms with Crippen LogP contribution in [-0.4, -0.2) is 31.1 Å². The van der Waals surface area contributed by atoms with Gasteiger partial charge in [-0.3, -0.25) is 15.1 Å². The first-order valence-corrected chi connectivity index (χ1v) is 9.39. The van der Waals surface area contributed by atoms with Crippen molar-refractivity contribution in [2.45, 2.75) is 13.5 Å². The minimum Gasteiger partial charge on any atom is -0.497 e. The molecule has 3 rings (SSSR count). The van der Waals surface area contributed by atoms with Crippen LogP contribution in [0.5, 0.6) is 11.5 Å². The molecule has 0 aliphatic carbocycles. The minimum absolute atomic E-state index is 0.246. The molecule has 3 aromatic rings. The molecule has 0 saturated carbocycles. The van der Waals surface area contributed by atoms with Crippen LogP contribution in [0.1, 0.15) is 21.5 Å². The van der Waals surface area contributed by atoms with Gasteiger partial charge < -0.3 is 14.8 Å². The van der Waals surface area contributed by atoms with Crippen molar-refractivity contribution in [2.75, 3.05) is 19.5 Å². The van der Waals surface area contributed by atoms with Crippen LogP contribution in [0.25, 0.3) is 0 Å². The second-order valence-electron chi connectivity index (χ2n) is 6.52. The number of nitrogens with one attached hydrogen (secondary N) is 2. The quantitative estimate of drug-likeness (QED) is 0.482. The highest BCUT2D eigenvalue weighted by molar-refractivity contribution is 6.10. The molecule has 154 valence electrons. The number of hydrogen-bond donors (Lipinski definition) is 2. The van der Waals surface area contributed by atoms with E-state index in [0.717, 1.165) is 11.1 Å². The number of pyridine rings is 1. The van der Waals surface area contributed by atoms with Crippen molar-refractivity contribution in [3.05, 3.63) is 83.7 Å². The Kier molecular flexibility index (Phi) is 7.00. The fourth-order valence-electron chi connectivity index (χ4n) is 2.79. The highest BCUT2D eigenvalue weighted by Crippen LogP contribution is 2.25.